The van der Waals surface area contributed by atoms with Crippen LogP contribution in [0.4, 0.5) is 0 Å². The molecule has 12 aromatic rings. The summed E-state index contributed by atoms with van der Waals surface area (Å²) >= 11 is 0. The van der Waals surface area contributed by atoms with Gasteiger partial charge >= 0.3 is 26.2 Å². The highest BCUT2D eigenvalue weighted by Crippen LogP contribution is 2.41. The molecule has 0 atom stereocenters. The highest BCUT2D eigenvalue weighted by atomic mass is 28.3. The van der Waals surface area contributed by atoms with Gasteiger partial charge in [0.05, 0.1) is 8.07 Å². The Morgan fingerprint density at radius 2 is 0.317 bits per heavy atom. The summed E-state index contributed by atoms with van der Waals surface area (Å²) in [5.74, 6) is 0. The van der Waals surface area contributed by atoms with Gasteiger partial charge in [0.1, 0.15) is 0 Å². The van der Waals surface area contributed by atoms with Crippen molar-refractivity contribution in [1.82, 2.24) is 116 Å². The molecule has 0 aromatic carbocycles. The van der Waals surface area contributed by atoms with Gasteiger partial charge in [-0.25, -0.2) is 61.2 Å². The highest BCUT2D eigenvalue weighted by molar-refractivity contribution is 6.83. The van der Waals surface area contributed by atoms with Crippen molar-refractivity contribution in [2.75, 3.05) is 0 Å². The van der Waals surface area contributed by atoms with Crippen LogP contribution in [0.5, 0.6) is 0 Å². The summed E-state index contributed by atoms with van der Waals surface area (Å²) in [5.41, 5.74) is 0. The molecular weight excluding hydrogens is 1340 g/mol. The first-order valence-electron chi connectivity index (χ1n) is 37.6. The van der Waals surface area contributed by atoms with Crippen LogP contribution in [0.25, 0.3) is 0 Å². The zero-order valence-corrected chi connectivity index (χ0v) is 66.3. The minimum Gasteiger partial charge on any atom is -0.400 e. The average Bonchev–Trinajstić information content (AvgIpc) is 1.70. The third kappa shape index (κ3) is 16.5. The van der Waals surface area contributed by atoms with Crippen LogP contribution in [-0.4, -0.2) is 183 Å². The maximum atomic E-state index is 4.89. The molecule has 0 aliphatic heterocycles. The Bertz CT molecular complexity index is 3300. The number of hydrogen-bond acceptors (Lipinski definition) is 12. The Morgan fingerprint density at radius 1 is 0.188 bits per heavy atom. The van der Waals surface area contributed by atoms with E-state index in [1.165, 1.54) is 98.2 Å². The molecule has 12 aromatic heterocycles. The second kappa shape index (κ2) is 32.0. The van der Waals surface area contributed by atoms with Crippen LogP contribution < -0.4 is 0 Å². The lowest BCUT2D eigenvalue weighted by Gasteiger charge is -2.42. The topological polar surface area (TPSA) is 214 Å². The molecule has 0 saturated heterocycles. The molecule has 12 heterocycles. The number of nitrogens with zero attached hydrogens (tertiary/aromatic N) is 24. The monoisotopic (exact) mass is 1440 g/mol. The molecule has 536 valence electrons. The van der Waals surface area contributed by atoms with Crippen molar-refractivity contribution in [3.8, 4) is 0 Å². The van der Waals surface area contributed by atoms with E-state index in [1.807, 2.05) is 147 Å². The number of hydrogen-bond donors (Lipinski definition) is 0. The van der Waals surface area contributed by atoms with Crippen molar-refractivity contribution in [3.63, 3.8) is 0 Å². The molecular formula is C68H108B4N24Si5-4. The van der Waals surface area contributed by atoms with Crippen LogP contribution >= 0.6 is 0 Å². The first kappa shape index (κ1) is 72.6. The minimum atomic E-state index is -1.91. The van der Waals surface area contributed by atoms with E-state index in [2.05, 4.69) is 182 Å². The van der Waals surface area contributed by atoms with Crippen molar-refractivity contribution < 1.29 is 0 Å². The third-order valence-electron chi connectivity index (χ3n) is 23.4. The Labute approximate surface area is 602 Å². The molecule has 33 heteroatoms. The van der Waals surface area contributed by atoms with E-state index in [9.17, 15) is 0 Å². The van der Waals surface area contributed by atoms with E-state index < -0.39 is 66.6 Å². The van der Waals surface area contributed by atoms with Crippen LogP contribution in [-0.2, 0) is 0 Å². The van der Waals surface area contributed by atoms with Crippen molar-refractivity contribution >= 4 is 66.6 Å². The smallest absolute Gasteiger partial charge is 0.339 e. The summed E-state index contributed by atoms with van der Waals surface area (Å²) in [4.78, 5) is 0. The maximum Gasteiger partial charge on any atom is 0.339 e. The van der Waals surface area contributed by atoms with E-state index in [4.69, 9.17) is 61.2 Å². The van der Waals surface area contributed by atoms with E-state index in [-0.39, 0.29) is 0 Å². The standard InChI is InChI=1S/C68H108B4N24Si5/c1-97(2,57-9-29-69(85-45-13-33-73-85,86-46-14-34-74-86)87-47-15-35-75-87)61-25-65-101(66-26-62-98(3,4)58-10-30-70(88-48-16-36-76-88,89-49-17-37-77-89)90-50-18-38-78-90,67-27-63-99(5,6)59-11-31-71(91-51-19-39-79-91,92-52-20-40-80-92)93-53-21-41-81-93)68-28-64-100(7,8)60-12-32-72(94-54-22-42-82-94,95-55-23-43-83-95)96-56-24-44-84-96/h13-24,33-56H,9-12,25-32,57-68H2,1-8H3/q-4. The van der Waals surface area contributed by atoms with Crippen LogP contribution in [0.2, 0.25) is 150 Å². The highest BCUT2D eigenvalue weighted by Gasteiger charge is 2.41. The molecule has 0 aliphatic rings. The van der Waals surface area contributed by atoms with Gasteiger partial charge in [0.2, 0.25) is 0 Å². The summed E-state index contributed by atoms with van der Waals surface area (Å²) in [6.07, 6.45) is 60.9. The average molecular weight is 1450 g/mol. The van der Waals surface area contributed by atoms with Crippen LogP contribution in [0.1, 0.15) is 51.4 Å². The largest absolute Gasteiger partial charge is 0.400 e. The lowest BCUT2D eigenvalue weighted by molar-refractivity contribution is 0.700. The van der Waals surface area contributed by atoms with Crippen molar-refractivity contribution in [2.45, 2.75) is 202 Å². The molecule has 0 unspecified atom stereocenters. The molecule has 0 bridgehead atoms. The summed E-state index contributed by atoms with van der Waals surface area (Å²) in [6.45, 7) is 14.9. The molecule has 24 nitrogen and oxygen atoms in total. The molecule has 0 amide bonds. The first-order chi connectivity index (χ1) is 48.9. The Kier molecular flexibility index (Phi) is 23.0. The minimum absolute atomic E-state index is 0.895. The fourth-order valence-electron chi connectivity index (χ4n) is 17.8. The van der Waals surface area contributed by atoms with E-state index in [1.54, 1.807) is 0 Å². The molecule has 0 radical (unpaired) electrons. The van der Waals surface area contributed by atoms with E-state index in [0.29, 0.717) is 0 Å². The third-order valence-corrected chi connectivity index (χ3v) is 42.7. The summed E-state index contributed by atoms with van der Waals surface area (Å²) in [6, 6.07) is 40.3. The van der Waals surface area contributed by atoms with E-state index in [0.717, 1.165) is 51.0 Å². The van der Waals surface area contributed by atoms with Crippen molar-refractivity contribution in [1.29, 1.82) is 0 Å². The van der Waals surface area contributed by atoms with Gasteiger partial charge in [0.25, 0.3) is 0 Å². The number of rotatable bonds is 44. The first-order valence-corrected chi connectivity index (χ1v) is 54.1. The predicted octanol–water partition coefficient (Wildman–Crippen LogP) is 14.1. The van der Waals surface area contributed by atoms with Gasteiger partial charge in [0, 0.05) is 107 Å². The Balaban J connectivity index is 0.793. The van der Waals surface area contributed by atoms with Gasteiger partial charge in [-0.1, -0.05) is 176 Å². The second-order valence-corrected chi connectivity index (χ2v) is 58.9. The fourth-order valence-corrected chi connectivity index (χ4v) is 34.6. The SMILES string of the molecule is C[Si](C)(CCC[B-](n1cccn1)(n1cccn1)n1cccn1)CCC[Si](CCC[Si](C)(C)CCC[B-](n1cccn1)(n1cccn1)n1cccn1)(CCC[Si](C)(C)CCC[B-](n1cccn1)(n1cccn1)n1cccn1)CCC[Si](C)(C)CCC[B-](n1cccn1)(n1cccn1)n1cccn1. The molecule has 12 rings (SSSR count). The molecule has 0 aliphatic carbocycles. The van der Waals surface area contributed by atoms with Gasteiger partial charge in [-0.3, -0.25) is 0 Å². The molecule has 0 spiro atoms. The summed E-state index contributed by atoms with van der Waals surface area (Å²) in [7, 11) is -8.72. The Morgan fingerprint density at radius 3 is 0.436 bits per heavy atom. The van der Waals surface area contributed by atoms with Gasteiger partial charge in [-0.2, -0.15) is 0 Å². The van der Waals surface area contributed by atoms with Gasteiger partial charge in [0.15, 0.2) is 0 Å². The predicted molar refractivity (Wildman–Crippen MR) is 424 cm³/mol. The zero-order valence-electron chi connectivity index (χ0n) is 61.3. The van der Waals surface area contributed by atoms with Crippen molar-refractivity contribution in [2.24, 2.45) is 0 Å². The van der Waals surface area contributed by atoms with Crippen LogP contribution in [0, 0.1) is 0 Å². The van der Waals surface area contributed by atoms with Crippen LogP contribution in [0.3, 0.4) is 0 Å². The Hall–Kier alpha value is -8.14. The zero-order chi connectivity index (χ0) is 70.3. The van der Waals surface area contributed by atoms with Gasteiger partial charge < -0.3 is 55.1 Å². The molecule has 0 fully saturated rings. The van der Waals surface area contributed by atoms with Gasteiger partial charge in [-0.15, -0.1) is 25.3 Å². The lowest BCUT2D eigenvalue weighted by Crippen LogP contribution is -2.59. The van der Waals surface area contributed by atoms with E-state index >= 15 is 0 Å². The van der Waals surface area contributed by atoms with Gasteiger partial charge in [-0.05, 0) is 147 Å². The normalized spacial score (nSPS) is 13.3. The molecule has 101 heavy (non-hydrogen) atoms. The fraction of sp³-hybridized carbons (Fsp3) is 0.471. The second-order valence-electron chi connectivity index (χ2n) is 32.5. The lowest BCUT2D eigenvalue weighted by atomic mass is 9.55. The maximum absolute atomic E-state index is 4.89. The summed E-state index contributed by atoms with van der Waals surface area (Å²) < 4.78 is 25.3. The quantitative estimate of drug-likeness (QED) is 0.0326. The molecule has 0 saturated carbocycles. The van der Waals surface area contributed by atoms with Crippen LogP contribution in [0.15, 0.2) is 222 Å². The summed E-state index contributed by atoms with van der Waals surface area (Å²) in [5, 5.41) is 58.7. The number of aromatic nitrogens is 24. The molecule has 0 N–H and O–H groups in total. The van der Waals surface area contributed by atoms with Crippen molar-refractivity contribution in [3.05, 3.63) is 222 Å².